The number of nitrogens with one attached hydrogen (secondary N) is 1. The van der Waals surface area contributed by atoms with Crippen molar-refractivity contribution in [1.29, 1.82) is 0 Å². The monoisotopic (exact) mass is 248 g/mol. The Morgan fingerprint density at radius 3 is 2.28 bits per heavy atom. The van der Waals surface area contributed by atoms with E-state index in [1.807, 2.05) is 0 Å². The van der Waals surface area contributed by atoms with Crippen molar-refractivity contribution < 1.29 is 0 Å². The van der Waals surface area contributed by atoms with E-state index in [-0.39, 0.29) is 5.54 Å². The van der Waals surface area contributed by atoms with Gasteiger partial charge in [0.2, 0.25) is 0 Å². The van der Waals surface area contributed by atoms with Gasteiger partial charge in [0.05, 0.1) is 0 Å². The minimum absolute atomic E-state index is 0.255. The first kappa shape index (κ1) is 15.2. The fourth-order valence-corrected chi connectivity index (χ4v) is 1.88. The lowest BCUT2D eigenvalue weighted by Crippen LogP contribution is -2.40. The maximum atomic E-state index is 3.41. The molecule has 0 amide bonds. The van der Waals surface area contributed by atoms with Crippen LogP contribution in [0.25, 0.3) is 0 Å². The van der Waals surface area contributed by atoms with Crippen molar-refractivity contribution in [1.82, 2.24) is 10.2 Å². The first-order chi connectivity index (χ1) is 8.51. The van der Waals surface area contributed by atoms with E-state index in [1.165, 1.54) is 17.5 Å². The normalized spacial score (nSPS) is 12.1. The molecular weight excluding hydrogens is 220 g/mol. The van der Waals surface area contributed by atoms with Crippen LogP contribution >= 0.6 is 0 Å². The van der Waals surface area contributed by atoms with Gasteiger partial charge in [0.1, 0.15) is 0 Å². The molecule has 2 nitrogen and oxygen atoms in total. The summed E-state index contributed by atoms with van der Waals surface area (Å²) in [5.74, 6) is 0. The summed E-state index contributed by atoms with van der Waals surface area (Å²) in [6, 6.07) is 8.73. The summed E-state index contributed by atoms with van der Waals surface area (Å²) in [5, 5.41) is 3.41. The van der Waals surface area contributed by atoms with Crippen molar-refractivity contribution >= 4 is 0 Å². The van der Waals surface area contributed by atoms with Gasteiger partial charge in [-0.3, -0.25) is 4.90 Å². The molecule has 0 spiro atoms. The minimum atomic E-state index is 0.255. The third-order valence-corrected chi connectivity index (χ3v) is 3.99. The molecule has 0 unspecified atom stereocenters. The maximum absolute atomic E-state index is 3.41. The highest BCUT2D eigenvalue weighted by molar-refractivity contribution is 5.27. The molecule has 0 heterocycles. The standard InChI is InChI=1S/C16H28N2/c1-6-16(3,4)18(5)13-15-11-9-8-10-14(15)12-17-7-2/h8-11,17H,6-7,12-13H2,1-5H3. The fraction of sp³-hybridized carbons (Fsp3) is 0.625. The second-order valence-electron chi connectivity index (χ2n) is 5.57. The van der Waals surface area contributed by atoms with Crippen LogP contribution in [-0.2, 0) is 13.1 Å². The second kappa shape index (κ2) is 6.91. The van der Waals surface area contributed by atoms with Crippen molar-refractivity contribution in [3.63, 3.8) is 0 Å². The Kier molecular flexibility index (Phi) is 5.83. The molecule has 1 rings (SSSR count). The Balaban J connectivity index is 2.77. The van der Waals surface area contributed by atoms with Crippen LogP contribution in [0.5, 0.6) is 0 Å². The van der Waals surface area contributed by atoms with E-state index < -0.39 is 0 Å². The lowest BCUT2D eigenvalue weighted by molar-refractivity contribution is 0.142. The van der Waals surface area contributed by atoms with Crippen molar-refractivity contribution in [2.45, 2.75) is 52.7 Å². The van der Waals surface area contributed by atoms with Crippen LogP contribution in [0.4, 0.5) is 0 Å². The van der Waals surface area contributed by atoms with Gasteiger partial charge in [0.15, 0.2) is 0 Å². The topological polar surface area (TPSA) is 15.3 Å². The minimum Gasteiger partial charge on any atom is -0.313 e. The Morgan fingerprint density at radius 1 is 1.11 bits per heavy atom. The number of hydrogen-bond donors (Lipinski definition) is 1. The van der Waals surface area contributed by atoms with Gasteiger partial charge in [-0.05, 0) is 45.0 Å². The molecule has 102 valence electrons. The number of benzene rings is 1. The molecule has 18 heavy (non-hydrogen) atoms. The summed E-state index contributed by atoms with van der Waals surface area (Å²) < 4.78 is 0. The van der Waals surface area contributed by atoms with Crippen LogP contribution in [0.1, 0.15) is 45.2 Å². The van der Waals surface area contributed by atoms with Gasteiger partial charge in [0, 0.05) is 18.6 Å². The van der Waals surface area contributed by atoms with Gasteiger partial charge in [0.25, 0.3) is 0 Å². The molecule has 0 aliphatic carbocycles. The first-order valence-electron chi connectivity index (χ1n) is 7.00. The molecule has 1 aromatic carbocycles. The largest absolute Gasteiger partial charge is 0.313 e. The number of hydrogen-bond acceptors (Lipinski definition) is 2. The molecule has 0 fully saturated rings. The predicted molar refractivity (Wildman–Crippen MR) is 79.7 cm³/mol. The SMILES string of the molecule is CCNCc1ccccc1CN(C)C(C)(C)CC. The highest BCUT2D eigenvalue weighted by atomic mass is 15.2. The molecule has 2 heteroatoms. The molecule has 0 aromatic heterocycles. The van der Waals surface area contributed by atoms with E-state index in [9.17, 15) is 0 Å². The third-order valence-electron chi connectivity index (χ3n) is 3.99. The highest BCUT2D eigenvalue weighted by Crippen LogP contribution is 2.20. The van der Waals surface area contributed by atoms with E-state index >= 15 is 0 Å². The third kappa shape index (κ3) is 4.11. The molecule has 1 N–H and O–H groups in total. The smallest absolute Gasteiger partial charge is 0.0239 e. The quantitative estimate of drug-likeness (QED) is 0.795. The summed E-state index contributed by atoms with van der Waals surface area (Å²) in [6.07, 6.45) is 1.17. The Hall–Kier alpha value is -0.860. The number of rotatable bonds is 7. The zero-order valence-electron chi connectivity index (χ0n) is 12.6. The van der Waals surface area contributed by atoms with Gasteiger partial charge in [-0.2, -0.15) is 0 Å². The van der Waals surface area contributed by atoms with Crippen molar-refractivity contribution in [3.05, 3.63) is 35.4 Å². The molecule has 0 bridgehead atoms. The van der Waals surface area contributed by atoms with Gasteiger partial charge in [-0.1, -0.05) is 38.1 Å². The number of nitrogens with zero attached hydrogens (tertiary/aromatic N) is 1. The molecular formula is C16H28N2. The lowest BCUT2D eigenvalue weighted by atomic mass is 9.98. The van der Waals surface area contributed by atoms with E-state index in [4.69, 9.17) is 0 Å². The molecule has 1 aromatic rings. The van der Waals surface area contributed by atoms with Crippen LogP contribution in [0.3, 0.4) is 0 Å². The predicted octanol–water partition coefficient (Wildman–Crippen LogP) is 3.42. The average Bonchev–Trinajstić information content (AvgIpc) is 2.37. The molecule has 0 saturated carbocycles. The van der Waals surface area contributed by atoms with Gasteiger partial charge in [-0.15, -0.1) is 0 Å². The first-order valence-corrected chi connectivity index (χ1v) is 7.00. The molecule has 0 atom stereocenters. The van der Waals surface area contributed by atoms with Crippen LogP contribution in [0, 0.1) is 0 Å². The van der Waals surface area contributed by atoms with Crippen LogP contribution in [-0.4, -0.2) is 24.0 Å². The highest BCUT2D eigenvalue weighted by Gasteiger charge is 2.21. The summed E-state index contributed by atoms with van der Waals surface area (Å²) in [4.78, 5) is 2.44. The summed E-state index contributed by atoms with van der Waals surface area (Å²) in [6.45, 7) is 12.0. The Labute approximate surface area is 112 Å². The molecule has 0 radical (unpaired) electrons. The second-order valence-corrected chi connectivity index (χ2v) is 5.57. The van der Waals surface area contributed by atoms with Crippen LogP contribution in [0.2, 0.25) is 0 Å². The zero-order chi connectivity index (χ0) is 13.6. The average molecular weight is 248 g/mol. The lowest BCUT2D eigenvalue weighted by Gasteiger charge is -2.35. The summed E-state index contributed by atoms with van der Waals surface area (Å²) in [7, 11) is 2.22. The van der Waals surface area contributed by atoms with Crippen molar-refractivity contribution in [2.24, 2.45) is 0 Å². The molecule has 0 aliphatic heterocycles. The van der Waals surface area contributed by atoms with E-state index in [0.29, 0.717) is 0 Å². The van der Waals surface area contributed by atoms with Crippen LogP contribution in [0.15, 0.2) is 24.3 Å². The maximum Gasteiger partial charge on any atom is 0.0239 e. The Bertz CT molecular complexity index is 358. The Morgan fingerprint density at radius 2 is 1.72 bits per heavy atom. The van der Waals surface area contributed by atoms with Gasteiger partial charge < -0.3 is 5.32 Å². The van der Waals surface area contributed by atoms with E-state index in [1.54, 1.807) is 0 Å². The van der Waals surface area contributed by atoms with Crippen LogP contribution < -0.4 is 5.32 Å². The van der Waals surface area contributed by atoms with Crippen molar-refractivity contribution in [2.75, 3.05) is 13.6 Å². The summed E-state index contributed by atoms with van der Waals surface area (Å²) in [5.41, 5.74) is 3.10. The van der Waals surface area contributed by atoms with E-state index in [2.05, 4.69) is 69.2 Å². The van der Waals surface area contributed by atoms with Gasteiger partial charge >= 0.3 is 0 Å². The zero-order valence-corrected chi connectivity index (χ0v) is 12.6. The molecule has 0 aliphatic rings. The summed E-state index contributed by atoms with van der Waals surface area (Å²) >= 11 is 0. The van der Waals surface area contributed by atoms with Gasteiger partial charge in [-0.25, -0.2) is 0 Å². The fourth-order valence-electron chi connectivity index (χ4n) is 1.88. The van der Waals surface area contributed by atoms with E-state index in [0.717, 1.165) is 19.6 Å². The van der Waals surface area contributed by atoms with Crippen molar-refractivity contribution in [3.8, 4) is 0 Å². The molecule has 0 saturated heterocycles.